The molecule has 0 saturated heterocycles. The number of fused-ring (bicyclic) bond motifs is 3. The van der Waals surface area contributed by atoms with E-state index in [-0.39, 0.29) is 17.2 Å². The summed E-state index contributed by atoms with van der Waals surface area (Å²) in [6, 6.07) is 5.95. The van der Waals surface area contributed by atoms with Crippen molar-refractivity contribution < 1.29 is 9.78 Å². The van der Waals surface area contributed by atoms with Crippen molar-refractivity contribution in [3.8, 4) is 0 Å². The molecule has 2 N–H and O–H groups in total. The van der Waals surface area contributed by atoms with E-state index in [1.807, 2.05) is 39.0 Å². The Kier molecular flexibility index (Phi) is 5.84. The molecule has 0 atom stereocenters. The van der Waals surface area contributed by atoms with E-state index in [1.165, 1.54) is 22.2 Å². The minimum atomic E-state index is -0.0890. The molecule has 0 radical (unpaired) electrons. The summed E-state index contributed by atoms with van der Waals surface area (Å²) in [7, 11) is 0. The van der Waals surface area contributed by atoms with Gasteiger partial charge in [0.25, 0.3) is 0 Å². The van der Waals surface area contributed by atoms with E-state index in [2.05, 4.69) is 16.9 Å². The molecule has 1 aliphatic carbocycles. The highest BCUT2D eigenvalue weighted by molar-refractivity contribution is 7.99. The Morgan fingerprint density at radius 3 is 2.73 bits per heavy atom. The average Bonchev–Trinajstić information content (AvgIpc) is 3.26. The first-order valence-electron chi connectivity index (χ1n) is 10.1. The van der Waals surface area contributed by atoms with Gasteiger partial charge in [0.05, 0.1) is 5.75 Å². The number of aromatic nitrogens is 2. The van der Waals surface area contributed by atoms with Crippen LogP contribution >= 0.6 is 23.1 Å². The molecule has 3 aromatic rings. The normalized spacial score (nSPS) is 12.9. The highest BCUT2D eigenvalue weighted by Crippen LogP contribution is 2.34. The third-order valence-corrected chi connectivity index (χ3v) is 7.57. The van der Waals surface area contributed by atoms with Crippen molar-refractivity contribution in [3.05, 3.63) is 62.3 Å². The standard InChI is InChI=1S/C23H25N3O2S2/c1-13(2)11-26-22(28)19-16-9-6-10-17(16)30-21(19)25-23(26)29-12-18(27)24-20-14(3)7-5-8-15(20)4/h5,7-8H,1,6,9-12H2,2-4H3,(H,24,27)/p+1. The van der Waals surface area contributed by atoms with Crippen LogP contribution in [0.5, 0.6) is 0 Å². The lowest BCUT2D eigenvalue weighted by atomic mass is 10.1. The van der Waals surface area contributed by atoms with Crippen molar-refractivity contribution in [3.63, 3.8) is 0 Å². The topological polar surface area (TPSA) is 65.2 Å². The quantitative estimate of drug-likeness (QED) is 0.353. The first kappa shape index (κ1) is 20.9. The fourth-order valence-corrected chi connectivity index (χ4v) is 6.12. The fourth-order valence-electron chi connectivity index (χ4n) is 3.96. The van der Waals surface area contributed by atoms with Crippen molar-refractivity contribution in [2.45, 2.75) is 51.7 Å². The Labute approximate surface area is 184 Å². The van der Waals surface area contributed by atoms with Crippen LogP contribution in [0.4, 0.5) is 5.69 Å². The van der Waals surface area contributed by atoms with Gasteiger partial charge in [0.1, 0.15) is 11.9 Å². The van der Waals surface area contributed by atoms with Gasteiger partial charge in [-0.15, -0.1) is 0 Å². The number of H-pyrrole nitrogens is 1. The lowest BCUT2D eigenvalue weighted by Gasteiger charge is -2.11. The maximum Gasteiger partial charge on any atom is 0.347 e. The van der Waals surface area contributed by atoms with E-state index in [0.29, 0.717) is 11.7 Å². The number of nitrogens with one attached hydrogen (secondary N) is 2. The number of hydrogen-bond acceptors (Lipinski definition) is 4. The number of nitrogens with zero attached hydrogens (tertiary/aromatic N) is 1. The van der Waals surface area contributed by atoms with Gasteiger partial charge in [-0.05, 0) is 74.1 Å². The van der Waals surface area contributed by atoms with E-state index in [1.54, 1.807) is 15.9 Å². The maximum atomic E-state index is 13.3. The Balaban J connectivity index is 1.62. The number of aromatic amines is 1. The van der Waals surface area contributed by atoms with Crippen LogP contribution in [0.15, 0.2) is 40.3 Å². The molecule has 0 aliphatic heterocycles. The van der Waals surface area contributed by atoms with Crippen molar-refractivity contribution in [1.29, 1.82) is 0 Å². The maximum absolute atomic E-state index is 13.3. The van der Waals surface area contributed by atoms with Gasteiger partial charge in [-0.25, -0.2) is 9.78 Å². The molecule has 1 aliphatic rings. The molecule has 0 saturated carbocycles. The summed E-state index contributed by atoms with van der Waals surface area (Å²) >= 11 is 3.04. The number of aryl methyl sites for hydroxylation is 4. The first-order valence-corrected chi connectivity index (χ1v) is 11.9. The minimum Gasteiger partial charge on any atom is -0.325 e. The first-order chi connectivity index (χ1) is 14.3. The monoisotopic (exact) mass is 440 g/mol. The summed E-state index contributed by atoms with van der Waals surface area (Å²) in [5, 5.41) is 4.53. The van der Waals surface area contributed by atoms with Crippen molar-refractivity contribution in [2.75, 3.05) is 11.1 Å². The second-order valence-electron chi connectivity index (χ2n) is 7.94. The van der Waals surface area contributed by atoms with Gasteiger partial charge >= 0.3 is 10.7 Å². The van der Waals surface area contributed by atoms with Crippen molar-refractivity contribution in [2.24, 2.45) is 0 Å². The summed E-state index contributed by atoms with van der Waals surface area (Å²) < 4.78 is 1.73. The zero-order valence-electron chi connectivity index (χ0n) is 17.6. The lowest BCUT2D eigenvalue weighted by Crippen LogP contribution is -2.30. The largest absolute Gasteiger partial charge is 0.347 e. The molecule has 1 aromatic carbocycles. The van der Waals surface area contributed by atoms with Crippen LogP contribution in [0.3, 0.4) is 0 Å². The van der Waals surface area contributed by atoms with Crippen LogP contribution < -0.4 is 15.9 Å². The molecule has 0 unspecified atom stereocenters. The van der Waals surface area contributed by atoms with Gasteiger partial charge in [-0.3, -0.25) is 4.79 Å². The molecule has 5 nitrogen and oxygen atoms in total. The summed E-state index contributed by atoms with van der Waals surface area (Å²) in [6.07, 6.45) is 3.13. The average molecular weight is 441 g/mol. The number of anilines is 1. The van der Waals surface area contributed by atoms with Crippen LogP contribution in [0.25, 0.3) is 10.2 Å². The summed E-state index contributed by atoms with van der Waals surface area (Å²) in [5.74, 6) is 0.130. The summed E-state index contributed by atoms with van der Waals surface area (Å²) in [6.45, 7) is 10.3. The predicted octanol–water partition coefficient (Wildman–Crippen LogP) is 4.29. The number of hydrogen-bond donors (Lipinski definition) is 1. The molecule has 0 bridgehead atoms. The Morgan fingerprint density at radius 1 is 1.30 bits per heavy atom. The number of carbonyl (C=O) groups excluding carboxylic acids is 1. The Morgan fingerprint density at radius 2 is 2.03 bits per heavy atom. The van der Waals surface area contributed by atoms with E-state index in [4.69, 9.17) is 0 Å². The molecule has 156 valence electrons. The highest BCUT2D eigenvalue weighted by atomic mass is 32.2. The number of carbonyl (C=O) groups is 1. The van der Waals surface area contributed by atoms with Crippen molar-refractivity contribution >= 4 is 44.9 Å². The number of allylic oxidation sites excluding steroid dienone is 1. The molecule has 7 heteroatoms. The lowest BCUT2D eigenvalue weighted by molar-refractivity contribution is -0.404. The van der Waals surface area contributed by atoms with E-state index < -0.39 is 0 Å². The number of thioether (sulfide) groups is 1. The molecule has 2 aromatic heterocycles. The van der Waals surface area contributed by atoms with E-state index in [0.717, 1.165) is 51.9 Å². The SMILES string of the molecule is C=C(C)Cn1c(SCC(=O)Nc2c(C)cccc2C)[nH+]c2sc3c(c2c1=O)CCC3. The van der Waals surface area contributed by atoms with Gasteiger partial charge < -0.3 is 5.32 Å². The smallest absolute Gasteiger partial charge is 0.325 e. The number of benzene rings is 1. The highest BCUT2D eigenvalue weighted by Gasteiger charge is 2.27. The second kappa shape index (κ2) is 8.40. The molecule has 0 fully saturated rings. The van der Waals surface area contributed by atoms with Gasteiger partial charge in [-0.1, -0.05) is 36.1 Å². The molecule has 1 amide bonds. The van der Waals surface area contributed by atoms with E-state index in [9.17, 15) is 9.59 Å². The van der Waals surface area contributed by atoms with Gasteiger partial charge in [0, 0.05) is 10.6 Å². The predicted molar refractivity (Wildman–Crippen MR) is 125 cm³/mol. The van der Waals surface area contributed by atoms with Crippen LogP contribution in [0.1, 0.15) is 34.9 Å². The van der Waals surface area contributed by atoms with Crippen molar-refractivity contribution in [1.82, 2.24) is 4.57 Å². The Bertz CT molecular complexity index is 1200. The summed E-state index contributed by atoms with van der Waals surface area (Å²) in [5.41, 5.74) is 5.05. The number of thiophene rings is 1. The Hall–Kier alpha value is -2.38. The zero-order valence-corrected chi connectivity index (χ0v) is 19.2. The molecule has 30 heavy (non-hydrogen) atoms. The number of rotatable bonds is 6. The third-order valence-electron chi connectivity index (χ3n) is 5.36. The van der Waals surface area contributed by atoms with Gasteiger partial charge in [0.2, 0.25) is 5.91 Å². The molecule has 0 spiro atoms. The number of para-hydroxylation sites is 1. The summed E-state index contributed by atoms with van der Waals surface area (Å²) in [4.78, 5) is 31.6. The van der Waals surface area contributed by atoms with Crippen LogP contribution in [0, 0.1) is 13.8 Å². The molecule has 2 heterocycles. The molecular weight excluding hydrogens is 414 g/mol. The minimum absolute atomic E-state index is 0.0174. The third kappa shape index (κ3) is 3.96. The zero-order chi connectivity index (χ0) is 21.4. The fraction of sp³-hybridized carbons (Fsp3) is 0.348. The van der Waals surface area contributed by atoms with Gasteiger partial charge in [-0.2, -0.15) is 4.57 Å². The van der Waals surface area contributed by atoms with Crippen LogP contribution in [0.2, 0.25) is 0 Å². The van der Waals surface area contributed by atoms with E-state index >= 15 is 0 Å². The van der Waals surface area contributed by atoms with Crippen LogP contribution in [-0.2, 0) is 24.2 Å². The van der Waals surface area contributed by atoms with Crippen LogP contribution in [-0.4, -0.2) is 16.2 Å². The van der Waals surface area contributed by atoms with Gasteiger partial charge in [0.15, 0.2) is 4.83 Å². The second-order valence-corrected chi connectivity index (χ2v) is 10.0. The number of amides is 1. The molecular formula is C23H26N3O2S2+. The molecule has 4 rings (SSSR count).